The molecule has 1 aliphatic carbocycles. The van der Waals surface area contributed by atoms with Crippen LogP contribution in [0.1, 0.15) is 31.2 Å². The lowest BCUT2D eigenvalue weighted by molar-refractivity contribution is -0.137. The predicted molar refractivity (Wildman–Crippen MR) is 130 cm³/mol. The number of ether oxygens (including phenoxy) is 1. The van der Waals surface area contributed by atoms with E-state index in [9.17, 15) is 19.2 Å². The van der Waals surface area contributed by atoms with Crippen LogP contribution in [-0.4, -0.2) is 63.2 Å². The molecule has 1 aliphatic heterocycles. The van der Waals surface area contributed by atoms with Gasteiger partial charge in [0.15, 0.2) is 0 Å². The van der Waals surface area contributed by atoms with Gasteiger partial charge in [0.1, 0.15) is 18.0 Å². The molecule has 0 radical (unpaired) electrons. The van der Waals surface area contributed by atoms with Gasteiger partial charge >= 0.3 is 6.09 Å². The second-order valence-corrected chi connectivity index (χ2v) is 9.32. The zero-order valence-corrected chi connectivity index (χ0v) is 19.8. The van der Waals surface area contributed by atoms with Crippen molar-refractivity contribution in [2.75, 3.05) is 50.1 Å². The van der Waals surface area contributed by atoms with Crippen molar-refractivity contribution in [3.8, 4) is 0 Å². The molecule has 2 aromatic carbocycles. The minimum atomic E-state index is -0.437. The van der Waals surface area contributed by atoms with E-state index in [1.807, 2.05) is 40.1 Å². The van der Waals surface area contributed by atoms with Crippen molar-refractivity contribution >= 4 is 23.4 Å². The molecule has 4 rings (SSSR count). The van der Waals surface area contributed by atoms with Crippen LogP contribution in [0.25, 0.3) is 0 Å². The highest BCUT2D eigenvalue weighted by Gasteiger charge is 2.34. The van der Waals surface area contributed by atoms with Gasteiger partial charge in [0.25, 0.3) is 10.9 Å². The third kappa shape index (κ3) is 5.08. The molecule has 1 N–H and O–H groups in total. The van der Waals surface area contributed by atoms with E-state index in [4.69, 9.17) is 4.74 Å². The number of piperazine rings is 1. The average molecular weight is 469 g/mol. The molecule has 1 saturated carbocycles. The minimum absolute atomic E-state index is 0.0164. The van der Waals surface area contributed by atoms with Crippen LogP contribution in [0.3, 0.4) is 0 Å². The van der Waals surface area contributed by atoms with E-state index >= 15 is 0 Å². The molecule has 2 aromatic rings. The summed E-state index contributed by atoms with van der Waals surface area (Å²) in [7, 11) is 3.52. The third-order valence-electron chi connectivity index (χ3n) is 6.83. The monoisotopic (exact) mass is 468 g/mol. The van der Waals surface area contributed by atoms with Gasteiger partial charge < -0.3 is 24.8 Å². The Bertz CT molecular complexity index is 1080. The topological polar surface area (TPSA) is 99.3 Å². The summed E-state index contributed by atoms with van der Waals surface area (Å²) >= 11 is 0. The molecule has 34 heavy (non-hydrogen) atoms. The van der Waals surface area contributed by atoms with Gasteiger partial charge in [-0.2, -0.15) is 0 Å². The number of nitrogens with one attached hydrogen (secondary N) is 1. The van der Waals surface area contributed by atoms with Crippen LogP contribution >= 0.6 is 0 Å². The van der Waals surface area contributed by atoms with E-state index in [0.717, 1.165) is 31.2 Å². The number of carbonyl (C=O) groups excluding carboxylic acids is 2. The first-order valence-electron chi connectivity index (χ1n) is 11.9. The van der Waals surface area contributed by atoms with Crippen LogP contribution in [0.2, 0.25) is 0 Å². The number of anilines is 2. The molecule has 2 aliphatic rings. The Morgan fingerprint density at radius 3 is 2.24 bits per heavy atom. The molecule has 0 unspecified atom stereocenters. The number of benzene rings is 1. The van der Waals surface area contributed by atoms with Crippen molar-refractivity contribution in [3.63, 3.8) is 0 Å². The number of nitrogens with zero attached hydrogens (tertiary/aromatic N) is 3. The van der Waals surface area contributed by atoms with Gasteiger partial charge in [-0.1, -0.05) is 30.3 Å². The Hall–Kier alpha value is -3.36. The van der Waals surface area contributed by atoms with Gasteiger partial charge in [0, 0.05) is 52.2 Å². The fourth-order valence-corrected chi connectivity index (χ4v) is 4.90. The molecule has 0 bridgehead atoms. The highest BCUT2D eigenvalue weighted by atomic mass is 16.5. The number of carbonyl (C=O) groups is 2. The third-order valence-corrected chi connectivity index (χ3v) is 6.83. The molecule has 9 heteroatoms. The van der Waals surface area contributed by atoms with E-state index < -0.39 is 17.0 Å². The normalized spacial score (nSPS) is 20.8. The van der Waals surface area contributed by atoms with Crippen LogP contribution < -0.4 is 26.0 Å². The molecular weight excluding hydrogens is 436 g/mol. The maximum absolute atomic E-state index is 13.0. The van der Waals surface area contributed by atoms with Crippen molar-refractivity contribution in [1.82, 2.24) is 10.2 Å². The molecule has 0 spiro atoms. The number of rotatable bonds is 6. The highest BCUT2D eigenvalue weighted by molar-refractivity contribution is 5.80. The number of alkyl carbamates (subject to hydrolysis) is 1. The van der Waals surface area contributed by atoms with Crippen LogP contribution in [0.15, 0.2) is 39.9 Å². The maximum atomic E-state index is 13.0. The van der Waals surface area contributed by atoms with Gasteiger partial charge in [-0.3, -0.25) is 14.4 Å². The summed E-state index contributed by atoms with van der Waals surface area (Å²) in [5.74, 6) is 0.0935. The van der Waals surface area contributed by atoms with Gasteiger partial charge in [-0.25, -0.2) is 4.79 Å². The SMILES string of the molecule is CN(C)c1c(N2CCN(C(=O)[C@H]3CC[C@H](NC(=O)OCc4ccccc4)CC3)CC2)c(=O)c1=O. The lowest BCUT2D eigenvalue weighted by Crippen LogP contribution is -2.54. The summed E-state index contributed by atoms with van der Waals surface area (Å²) in [6, 6.07) is 9.56. The van der Waals surface area contributed by atoms with Crippen LogP contribution in [0.5, 0.6) is 0 Å². The summed E-state index contributed by atoms with van der Waals surface area (Å²) in [5, 5.41) is 2.92. The molecule has 1 saturated heterocycles. The second kappa shape index (κ2) is 10.3. The summed E-state index contributed by atoms with van der Waals surface area (Å²) in [6.45, 7) is 2.39. The molecule has 2 amide bonds. The summed E-state index contributed by atoms with van der Waals surface area (Å²) < 4.78 is 5.30. The zero-order chi connectivity index (χ0) is 24.2. The van der Waals surface area contributed by atoms with Crippen molar-refractivity contribution in [2.45, 2.75) is 38.3 Å². The largest absolute Gasteiger partial charge is 0.445 e. The standard InChI is InChI=1S/C25H32N4O5/c1-27(2)20-21(23(31)22(20)30)28-12-14-29(15-13-28)24(32)18-8-10-19(11-9-18)26-25(33)34-16-17-6-4-3-5-7-17/h3-7,18-19H,8-16H2,1-2H3,(H,26,33)/t18-,19-. The Morgan fingerprint density at radius 1 is 0.971 bits per heavy atom. The van der Waals surface area contributed by atoms with Crippen molar-refractivity contribution in [3.05, 3.63) is 56.3 Å². The minimum Gasteiger partial charge on any atom is -0.445 e. The van der Waals surface area contributed by atoms with E-state index in [2.05, 4.69) is 5.32 Å². The lowest BCUT2D eigenvalue weighted by Gasteiger charge is -2.39. The first-order chi connectivity index (χ1) is 16.3. The Kier molecular flexibility index (Phi) is 7.19. The molecule has 182 valence electrons. The number of hydrogen-bond acceptors (Lipinski definition) is 7. The van der Waals surface area contributed by atoms with Gasteiger partial charge in [0.05, 0.1) is 0 Å². The van der Waals surface area contributed by atoms with E-state index in [1.54, 1.807) is 19.0 Å². The van der Waals surface area contributed by atoms with Gasteiger partial charge in [-0.05, 0) is 31.2 Å². The van der Waals surface area contributed by atoms with Crippen molar-refractivity contribution < 1.29 is 14.3 Å². The molecule has 9 nitrogen and oxygen atoms in total. The van der Waals surface area contributed by atoms with Crippen molar-refractivity contribution in [1.29, 1.82) is 0 Å². The van der Waals surface area contributed by atoms with E-state index in [-0.39, 0.29) is 24.5 Å². The average Bonchev–Trinajstić information content (AvgIpc) is 2.86. The summed E-state index contributed by atoms with van der Waals surface area (Å²) in [4.78, 5) is 54.5. The first kappa shape index (κ1) is 23.8. The summed E-state index contributed by atoms with van der Waals surface area (Å²) in [5.41, 5.74) is 1.00. The van der Waals surface area contributed by atoms with Crippen molar-refractivity contribution in [2.24, 2.45) is 5.92 Å². The van der Waals surface area contributed by atoms with Crippen LogP contribution in [0.4, 0.5) is 16.2 Å². The Labute approximate surface area is 199 Å². The molecular formula is C25H32N4O5. The quantitative estimate of drug-likeness (QED) is 0.641. The van der Waals surface area contributed by atoms with Crippen LogP contribution in [0, 0.1) is 5.92 Å². The number of hydrogen-bond donors (Lipinski definition) is 1. The Balaban J connectivity index is 1.20. The second-order valence-electron chi connectivity index (χ2n) is 9.32. The molecule has 0 aromatic heterocycles. The Morgan fingerprint density at radius 2 is 1.62 bits per heavy atom. The number of amides is 2. The van der Waals surface area contributed by atoms with E-state index in [1.165, 1.54) is 0 Å². The predicted octanol–water partition coefficient (Wildman–Crippen LogP) is 1.48. The molecule has 2 fully saturated rings. The fourth-order valence-electron chi connectivity index (χ4n) is 4.90. The van der Waals surface area contributed by atoms with Crippen LogP contribution in [-0.2, 0) is 16.1 Å². The highest BCUT2D eigenvalue weighted by Crippen LogP contribution is 2.28. The first-order valence-corrected chi connectivity index (χ1v) is 11.9. The molecule has 1 heterocycles. The van der Waals surface area contributed by atoms with E-state index in [0.29, 0.717) is 37.6 Å². The van der Waals surface area contributed by atoms with Gasteiger partial charge in [-0.15, -0.1) is 0 Å². The van der Waals surface area contributed by atoms with Gasteiger partial charge in [0.2, 0.25) is 5.91 Å². The zero-order valence-electron chi connectivity index (χ0n) is 19.8. The summed E-state index contributed by atoms with van der Waals surface area (Å²) in [6.07, 6.45) is 2.51. The maximum Gasteiger partial charge on any atom is 0.407 e. The smallest absolute Gasteiger partial charge is 0.407 e. The fraction of sp³-hybridized carbons (Fsp3) is 0.520. The lowest BCUT2D eigenvalue weighted by atomic mass is 9.85. The molecule has 0 atom stereocenters.